The Morgan fingerprint density at radius 3 is 2.72 bits per heavy atom. The summed E-state index contributed by atoms with van der Waals surface area (Å²) >= 11 is 0. The van der Waals surface area contributed by atoms with Crippen molar-refractivity contribution in [2.24, 2.45) is 0 Å². The number of aliphatic hydroxyl groups is 1. The van der Waals surface area contributed by atoms with E-state index in [1.54, 1.807) is 6.20 Å². The maximum atomic E-state index is 11.8. The fraction of sp³-hybridized carbons (Fsp3) is 0.333. The summed E-state index contributed by atoms with van der Waals surface area (Å²) in [5, 5.41) is 15.2. The van der Waals surface area contributed by atoms with Crippen LogP contribution in [-0.4, -0.2) is 49.5 Å². The van der Waals surface area contributed by atoms with Gasteiger partial charge in [-0.15, -0.1) is 0 Å². The van der Waals surface area contributed by atoms with Crippen molar-refractivity contribution in [1.82, 2.24) is 15.6 Å². The van der Waals surface area contributed by atoms with Crippen molar-refractivity contribution < 1.29 is 14.6 Å². The molecule has 0 bridgehead atoms. The van der Waals surface area contributed by atoms with Crippen LogP contribution in [0.4, 0.5) is 10.6 Å². The second-order valence-corrected chi connectivity index (χ2v) is 5.76. The van der Waals surface area contributed by atoms with E-state index < -0.39 is 6.10 Å². The third-order valence-electron chi connectivity index (χ3n) is 3.41. The normalized spacial score (nSPS) is 11.5. The molecule has 1 aromatic heterocycles. The van der Waals surface area contributed by atoms with Gasteiger partial charge in [0.2, 0.25) is 0 Å². The van der Waals surface area contributed by atoms with Crippen molar-refractivity contribution in [3.63, 3.8) is 0 Å². The van der Waals surface area contributed by atoms with Gasteiger partial charge in [-0.1, -0.05) is 18.2 Å². The highest BCUT2D eigenvalue weighted by molar-refractivity contribution is 5.73. The predicted molar refractivity (Wildman–Crippen MR) is 96.7 cm³/mol. The van der Waals surface area contributed by atoms with E-state index in [0.717, 1.165) is 11.4 Å². The van der Waals surface area contributed by atoms with Crippen molar-refractivity contribution in [3.05, 3.63) is 54.2 Å². The number of carbonyl (C=O) groups excluding carboxylic acids is 1. The van der Waals surface area contributed by atoms with E-state index in [4.69, 9.17) is 4.74 Å². The van der Waals surface area contributed by atoms with E-state index in [-0.39, 0.29) is 19.2 Å². The van der Waals surface area contributed by atoms with Gasteiger partial charge >= 0.3 is 6.03 Å². The van der Waals surface area contributed by atoms with Crippen LogP contribution in [0.1, 0.15) is 5.56 Å². The molecule has 0 saturated heterocycles. The molecule has 134 valence electrons. The molecule has 0 aliphatic carbocycles. The summed E-state index contributed by atoms with van der Waals surface area (Å²) in [5.74, 6) is 1.51. The van der Waals surface area contributed by atoms with Gasteiger partial charge < -0.3 is 25.4 Å². The van der Waals surface area contributed by atoms with Gasteiger partial charge in [-0.2, -0.15) is 0 Å². The summed E-state index contributed by atoms with van der Waals surface area (Å²) in [6.07, 6.45) is 0.918. The molecule has 0 radical (unpaired) electrons. The first kappa shape index (κ1) is 18.5. The quantitative estimate of drug-likeness (QED) is 0.674. The van der Waals surface area contributed by atoms with E-state index in [0.29, 0.717) is 12.3 Å². The Labute approximate surface area is 147 Å². The molecule has 7 heteroatoms. The summed E-state index contributed by atoms with van der Waals surface area (Å²) in [5.41, 5.74) is 0.946. The zero-order valence-electron chi connectivity index (χ0n) is 14.5. The van der Waals surface area contributed by atoms with E-state index >= 15 is 0 Å². The number of nitrogens with zero attached hydrogens (tertiary/aromatic N) is 2. The van der Waals surface area contributed by atoms with Crippen LogP contribution in [0.5, 0.6) is 5.75 Å². The molecule has 0 fully saturated rings. The number of aliphatic hydroxyl groups excluding tert-OH is 1. The number of carbonyl (C=O) groups is 1. The fourth-order valence-corrected chi connectivity index (χ4v) is 2.04. The lowest BCUT2D eigenvalue weighted by Gasteiger charge is -2.14. The number of ether oxygens (including phenoxy) is 1. The average Bonchev–Trinajstić information content (AvgIpc) is 2.64. The number of para-hydroxylation sites is 1. The minimum atomic E-state index is -0.785. The van der Waals surface area contributed by atoms with Gasteiger partial charge in [-0.25, -0.2) is 9.78 Å². The third kappa shape index (κ3) is 6.68. The Bertz CT molecular complexity index is 664. The van der Waals surface area contributed by atoms with Gasteiger partial charge in [0.1, 0.15) is 24.3 Å². The van der Waals surface area contributed by atoms with Gasteiger partial charge in [0.25, 0.3) is 0 Å². The number of hydrogen-bond donors (Lipinski definition) is 3. The zero-order chi connectivity index (χ0) is 18.1. The first-order valence-electron chi connectivity index (χ1n) is 8.04. The Morgan fingerprint density at radius 2 is 2.00 bits per heavy atom. The van der Waals surface area contributed by atoms with Crippen molar-refractivity contribution >= 4 is 11.8 Å². The van der Waals surface area contributed by atoms with Gasteiger partial charge in [0, 0.05) is 33.4 Å². The highest BCUT2D eigenvalue weighted by Gasteiger charge is 2.08. The average molecular weight is 344 g/mol. The smallest absolute Gasteiger partial charge is 0.315 e. The SMILES string of the molecule is CN(C)c1cc(CNC(=O)NCC(O)COc2ccccc2)ccn1. The summed E-state index contributed by atoms with van der Waals surface area (Å²) < 4.78 is 5.43. The largest absolute Gasteiger partial charge is 0.491 e. The number of nitrogens with one attached hydrogen (secondary N) is 2. The molecule has 1 aromatic carbocycles. The topological polar surface area (TPSA) is 86.7 Å². The Morgan fingerprint density at radius 1 is 1.24 bits per heavy atom. The van der Waals surface area contributed by atoms with Crippen LogP contribution in [0.2, 0.25) is 0 Å². The Hall–Kier alpha value is -2.80. The number of aromatic nitrogens is 1. The molecule has 0 aliphatic rings. The van der Waals surface area contributed by atoms with E-state index in [2.05, 4.69) is 15.6 Å². The number of urea groups is 1. The van der Waals surface area contributed by atoms with Crippen LogP contribution in [0.15, 0.2) is 48.7 Å². The first-order chi connectivity index (χ1) is 12.0. The number of amides is 2. The number of anilines is 1. The lowest BCUT2D eigenvalue weighted by molar-refractivity contribution is 0.108. The number of benzene rings is 1. The second kappa shape index (κ2) is 9.48. The van der Waals surface area contributed by atoms with Gasteiger partial charge in [-0.3, -0.25) is 0 Å². The summed E-state index contributed by atoms with van der Waals surface area (Å²) in [4.78, 5) is 17.9. The van der Waals surface area contributed by atoms with Crippen LogP contribution in [-0.2, 0) is 6.54 Å². The molecule has 3 N–H and O–H groups in total. The van der Waals surface area contributed by atoms with Crippen molar-refractivity contribution in [2.45, 2.75) is 12.6 Å². The van der Waals surface area contributed by atoms with Crippen LogP contribution in [0, 0.1) is 0 Å². The number of pyridine rings is 1. The lowest BCUT2D eigenvalue weighted by atomic mass is 10.2. The van der Waals surface area contributed by atoms with Crippen LogP contribution >= 0.6 is 0 Å². The standard InChI is InChI=1S/C18H24N4O3/c1-22(2)17-10-14(8-9-19-17)11-20-18(24)21-12-15(23)13-25-16-6-4-3-5-7-16/h3-10,15,23H,11-13H2,1-2H3,(H2,20,21,24). The Kier molecular flexibility index (Phi) is 7.03. The van der Waals surface area contributed by atoms with Crippen LogP contribution in [0.25, 0.3) is 0 Å². The molecule has 2 aromatic rings. The zero-order valence-corrected chi connectivity index (χ0v) is 14.5. The fourth-order valence-electron chi connectivity index (χ4n) is 2.04. The molecular formula is C18H24N4O3. The van der Waals surface area contributed by atoms with Crippen molar-refractivity contribution in [1.29, 1.82) is 0 Å². The molecule has 1 unspecified atom stereocenters. The van der Waals surface area contributed by atoms with E-state index in [1.807, 2.05) is 61.5 Å². The van der Waals surface area contributed by atoms with Crippen molar-refractivity contribution in [3.8, 4) is 5.75 Å². The summed E-state index contributed by atoms with van der Waals surface area (Å²) in [6.45, 7) is 0.602. The van der Waals surface area contributed by atoms with Gasteiger partial charge in [0.15, 0.2) is 0 Å². The molecular weight excluding hydrogens is 320 g/mol. The Balaban J connectivity index is 1.67. The molecule has 0 spiro atoms. The minimum absolute atomic E-state index is 0.109. The molecule has 7 nitrogen and oxygen atoms in total. The number of hydrogen-bond acceptors (Lipinski definition) is 5. The first-order valence-corrected chi connectivity index (χ1v) is 8.04. The molecule has 2 rings (SSSR count). The third-order valence-corrected chi connectivity index (χ3v) is 3.41. The predicted octanol–water partition coefficient (Wildman–Crippen LogP) is 1.39. The number of rotatable bonds is 8. The summed E-state index contributed by atoms with van der Waals surface area (Å²) in [6, 6.07) is 12.6. The highest BCUT2D eigenvalue weighted by atomic mass is 16.5. The monoisotopic (exact) mass is 344 g/mol. The maximum absolute atomic E-state index is 11.8. The lowest BCUT2D eigenvalue weighted by Crippen LogP contribution is -2.41. The molecule has 25 heavy (non-hydrogen) atoms. The van der Waals surface area contributed by atoms with Crippen LogP contribution < -0.4 is 20.3 Å². The highest BCUT2D eigenvalue weighted by Crippen LogP contribution is 2.09. The molecule has 0 aliphatic heterocycles. The second-order valence-electron chi connectivity index (χ2n) is 5.76. The summed E-state index contributed by atoms with van der Waals surface area (Å²) in [7, 11) is 3.82. The maximum Gasteiger partial charge on any atom is 0.315 e. The van der Waals surface area contributed by atoms with Gasteiger partial charge in [-0.05, 0) is 29.8 Å². The molecule has 0 saturated carbocycles. The van der Waals surface area contributed by atoms with Gasteiger partial charge in [0.05, 0.1) is 0 Å². The van der Waals surface area contributed by atoms with E-state index in [1.165, 1.54) is 0 Å². The molecule has 1 atom stereocenters. The van der Waals surface area contributed by atoms with Crippen molar-refractivity contribution in [2.75, 3.05) is 32.1 Å². The van der Waals surface area contributed by atoms with E-state index in [9.17, 15) is 9.90 Å². The van der Waals surface area contributed by atoms with Crippen LogP contribution in [0.3, 0.4) is 0 Å². The molecule has 1 heterocycles. The molecule has 2 amide bonds. The minimum Gasteiger partial charge on any atom is -0.491 e.